The first-order chi connectivity index (χ1) is 11.5. The smallest absolute Gasteiger partial charge is 0.225 e. The highest BCUT2D eigenvalue weighted by Crippen LogP contribution is 1.98. The van der Waals surface area contributed by atoms with E-state index in [1.165, 1.54) is 0 Å². The van der Waals surface area contributed by atoms with Gasteiger partial charge in [-0.15, -0.1) is 0 Å². The maximum absolute atomic E-state index is 12.1. The van der Waals surface area contributed by atoms with Gasteiger partial charge in [0.05, 0.1) is 11.8 Å². The van der Waals surface area contributed by atoms with Gasteiger partial charge in [0.1, 0.15) is 0 Å². The van der Waals surface area contributed by atoms with Gasteiger partial charge in [-0.05, 0) is 34.1 Å². The highest BCUT2D eigenvalue weighted by Gasteiger charge is 2.19. The number of carbonyl (C=O) groups is 2. The van der Waals surface area contributed by atoms with Gasteiger partial charge in [-0.25, -0.2) is 0 Å². The van der Waals surface area contributed by atoms with E-state index in [9.17, 15) is 9.59 Å². The second-order valence-corrected chi connectivity index (χ2v) is 6.22. The van der Waals surface area contributed by atoms with Gasteiger partial charge in [0.15, 0.2) is 0 Å². The van der Waals surface area contributed by atoms with Crippen LogP contribution in [0.2, 0.25) is 0 Å². The van der Waals surface area contributed by atoms with Crippen LogP contribution in [-0.2, 0) is 9.59 Å². The lowest BCUT2D eigenvalue weighted by molar-refractivity contribution is -0.125. The minimum Gasteiger partial charge on any atom is -0.355 e. The third-order valence-corrected chi connectivity index (χ3v) is 3.79. The summed E-state index contributed by atoms with van der Waals surface area (Å²) in [5.41, 5.74) is 0. The predicted octanol–water partition coefficient (Wildman–Crippen LogP) is -2.04. The van der Waals surface area contributed by atoms with Gasteiger partial charge in [-0.1, -0.05) is 6.92 Å². The Balaban J connectivity index is 4.17. The molecule has 142 valence electrons. The molecular weight excluding hydrogens is 308 g/mol. The first kappa shape index (κ1) is 22.8. The molecule has 6 N–H and O–H groups in total. The minimum absolute atomic E-state index is 0.0279. The van der Waals surface area contributed by atoms with Gasteiger partial charge in [-0.2, -0.15) is 0 Å². The molecule has 24 heavy (non-hydrogen) atoms. The minimum atomic E-state index is -0.0996. The Bertz CT molecular complexity index is 309. The molecule has 0 radical (unpaired) electrons. The number of hydrogen-bond acceptors (Lipinski definition) is 6. The highest BCUT2D eigenvalue weighted by atomic mass is 16.2. The summed E-state index contributed by atoms with van der Waals surface area (Å²) in [5.74, 6) is 0.0302. The quantitative estimate of drug-likeness (QED) is 0.217. The van der Waals surface area contributed by atoms with Crippen molar-refractivity contribution < 1.29 is 9.59 Å². The fraction of sp³-hybridized carbons (Fsp3) is 0.875. The molecule has 2 amide bonds. The summed E-state index contributed by atoms with van der Waals surface area (Å²) in [7, 11) is 7.34. The van der Waals surface area contributed by atoms with E-state index < -0.39 is 0 Å². The Hall–Kier alpha value is -1.22. The van der Waals surface area contributed by atoms with Crippen molar-refractivity contribution in [1.82, 2.24) is 31.9 Å². The van der Waals surface area contributed by atoms with Crippen molar-refractivity contribution in [3.63, 3.8) is 0 Å². The van der Waals surface area contributed by atoms with Crippen LogP contribution in [0.1, 0.15) is 6.92 Å². The molecule has 0 aromatic carbocycles. The van der Waals surface area contributed by atoms with Gasteiger partial charge in [-0.3, -0.25) is 9.59 Å². The molecule has 0 bridgehead atoms. The van der Waals surface area contributed by atoms with Crippen LogP contribution in [-0.4, -0.2) is 79.3 Å². The molecule has 0 aromatic rings. The standard InChI is InChI=1S/C16H36N6O2/c1-12(6-21-15(23)13(8-17-2)9-18-3)7-22-16(24)14(10-19-4)11-20-5/h12-14,17-20H,6-11H2,1-5H3,(H,21,23)(H,22,24). The Kier molecular flexibility index (Phi) is 13.4. The van der Waals surface area contributed by atoms with Crippen molar-refractivity contribution in [3.05, 3.63) is 0 Å². The molecule has 0 unspecified atom stereocenters. The van der Waals surface area contributed by atoms with E-state index in [1.54, 1.807) is 0 Å². The molecule has 0 atom stereocenters. The molecule has 8 nitrogen and oxygen atoms in total. The molecule has 0 aromatic heterocycles. The van der Waals surface area contributed by atoms with Gasteiger partial charge in [0.25, 0.3) is 0 Å². The fourth-order valence-electron chi connectivity index (χ4n) is 2.41. The number of rotatable bonds is 14. The van der Waals surface area contributed by atoms with E-state index in [0.29, 0.717) is 39.3 Å². The lowest BCUT2D eigenvalue weighted by atomic mass is 10.1. The number of amides is 2. The average molecular weight is 345 g/mol. The van der Waals surface area contributed by atoms with Crippen molar-refractivity contribution in [3.8, 4) is 0 Å². The maximum Gasteiger partial charge on any atom is 0.225 e. The van der Waals surface area contributed by atoms with Crippen LogP contribution in [0.25, 0.3) is 0 Å². The first-order valence-electron chi connectivity index (χ1n) is 8.63. The Morgan fingerprint density at radius 2 is 0.917 bits per heavy atom. The highest BCUT2D eigenvalue weighted by molar-refractivity contribution is 5.79. The second-order valence-electron chi connectivity index (χ2n) is 6.22. The van der Waals surface area contributed by atoms with Crippen LogP contribution < -0.4 is 31.9 Å². The molecule has 0 rings (SSSR count). The maximum atomic E-state index is 12.1. The Labute approximate surface area is 146 Å². The summed E-state index contributed by atoms with van der Waals surface area (Å²) in [5, 5.41) is 18.0. The molecule has 0 spiro atoms. The largest absolute Gasteiger partial charge is 0.355 e. The normalized spacial score (nSPS) is 11.3. The zero-order valence-electron chi connectivity index (χ0n) is 15.8. The van der Waals surface area contributed by atoms with Gasteiger partial charge < -0.3 is 31.9 Å². The average Bonchev–Trinajstić information content (AvgIpc) is 2.57. The molecular formula is C16H36N6O2. The van der Waals surface area contributed by atoms with Crippen LogP contribution in [0.3, 0.4) is 0 Å². The number of carbonyl (C=O) groups excluding carboxylic acids is 2. The van der Waals surface area contributed by atoms with Crippen LogP contribution in [0.5, 0.6) is 0 Å². The summed E-state index contributed by atoms with van der Waals surface area (Å²) < 4.78 is 0. The summed E-state index contributed by atoms with van der Waals surface area (Å²) in [6.07, 6.45) is 0. The molecule has 0 saturated carbocycles. The third kappa shape index (κ3) is 9.82. The topological polar surface area (TPSA) is 106 Å². The van der Waals surface area contributed by atoms with Crippen molar-refractivity contribution in [2.24, 2.45) is 17.8 Å². The van der Waals surface area contributed by atoms with Crippen molar-refractivity contribution in [2.75, 3.05) is 67.5 Å². The summed E-state index contributed by atoms with van der Waals surface area (Å²) >= 11 is 0. The lowest BCUT2D eigenvalue weighted by Gasteiger charge is -2.20. The second kappa shape index (κ2) is 14.2. The van der Waals surface area contributed by atoms with E-state index in [-0.39, 0.29) is 29.6 Å². The SMILES string of the molecule is CNCC(CNC)C(=O)NCC(C)CNC(=O)C(CNC)CNC. The molecule has 0 aliphatic carbocycles. The van der Waals surface area contributed by atoms with Crippen molar-refractivity contribution in [2.45, 2.75) is 6.92 Å². The predicted molar refractivity (Wildman–Crippen MR) is 97.9 cm³/mol. The molecule has 0 saturated heterocycles. The summed E-state index contributed by atoms with van der Waals surface area (Å²) in [4.78, 5) is 24.3. The zero-order valence-corrected chi connectivity index (χ0v) is 15.8. The Morgan fingerprint density at radius 1 is 0.625 bits per heavy atom. The van der Waals surface area contributed by atoms with Crippen LogP contribution in [0.4, 0.5) is 0 Å². The van der Waals surface area contributed by atoms with E-state index in [2.05, 4.69) is 31.9 Å². The molecule has 0 aliphatic rings. The fourth-order valence-corrected chi connectivity index (χ4v) is 2.41. The van der Waals surface area contributed by atoms with Gasteiger partial charge >= 0.3 is 0 Å². The summed E-state index contributed by atoms with van der Waals surface area (Å²) in [6.45, 7) is 5.64. The number of hydrogen-bond donors (Lipinski definition) is 6. The Morgan fingerprint density at radius 3 is 1.17 bits per heavy atom. The molecule has 0 fully saturated rings. The van der Waals surface area contributed by atoms with E-state index in [4.69, 9.17) is 0 Å². The molecule has 0 heterocycles. The van der Waals surface area contributed by atoms with Crippen LogP contribution in [0.15, 0.2) is 0 Å². The van der Waals surface area contributed by atoms with E-state index in [0.717, 1.165) is 0 Å². The monoisotopic (exact) mass is 344 g/mol. The van der Waals surface area contributed by atoms with Gasteiger partial charge in [0, 0.05) is 39.3 Å². The van der Waals surface area contributed by atoms with Crippen LogP contribution in [0, 0.1) is 17.8 Å². The van der Waals surface area contributed by atoms with E-state index in [1.807, 2.05) is 35.1 Å². The third-order valence-electron chi connectivity index (χ3n) is 3.79. The van der Waals surface area contributed by atoms with Crippen molar-refractivity contribution >= 4 is 11.8 Å². The molecule has 8 heteroatoms. The molecule has 0 aliphatic heterocycles. The van der Waals surface area contributed by atoms with E-state index >= 15 is 0 Å². The summed E-state index contributed by atoms with van der Waals surface area (Å²) in [6, 6.07) is 0. The first-order valence-corrected chi connectivity index (χ1v) is 8.63. The van der Waals surface area contributed by atoms with Gasteiger partial charge in [0.2, 0.25) is 11.8 Å². The van der Waals surface area contributed by atoms with Crippen LogP contribution >= 0.6 is 0 Å². The lowest BCUT2D eigenvalue weighted by Crippen LogP contribution is -2.45. The zero-order chi connectivity index (χ0) is 18.4. The number of nitrogens with one attached hydrogen (secondary N) is 6. The van der Waals surface area contributed by atoms with Crippen molar-refractivity contribution in [1.29, 1.82) is 0 Å².